The summed E-state index contributed by atoms with van der Waals surface area (Å²) in [6.07, 6.45) is 3.09. The minimum absolute atomic E-state index is 0.105. The van der Waals surface area contributed by atoms with Crippen LogP contribution in [0.2, 0.25) is 0 Å². The van der Waals surface area contributed by atoms with Crippen LogP contribution >= 0.6 is 0 Å². The van der Waals surface area contributed by atoms with Crippen LogP contribution in [-0.2, 0) is 9.53 Å². The minimum Gasteiger partial charge on any atom is -0.381 e. The van der Waals surface area contributed by atoms with Crippen molar-refractivity contribution in [2.45, 2.75) is 0 Å². The molecule has 0 spiro atoms. The summed E-state index contributed by atoms with van der Waals surface area (Å²) in [5, 5.41) is 2.44. The summed E-state index contributed by atoms with van der Waals surface area (Å²) >= 11 is 0. The Bertz CT molecular complexity index is 110. The zero-order chi connectivity index (χ0) is 7.11. The van der Waals surface area contributed by atoms with Gasteiger partial charge in [-0.05, 0) is 0 Å². The van der Waals surface area contributed by atoms with Crippen molar-refractivity contribution in [1.82, 2.24) is 5.32 Å². The van der Waals surface area contributed by atoms with Gasteiger partial charge in [-0.1, -0.05) is 6.08 Å². The Balaban J connectivity index is 3.32. The first-order valence-electron chi connectivity index (χ1n) is 2.68. The van der Waals surface area contributed by atoms with E-state index in [2.05, 4.69) is 10.1 Å². The Kier molecular flexibility index (Phi) is 4.82. The molecular weight excluding hydrogens is 118 g/mol. The van der Waals surface area contributed by atoms with Gasteiger partial charge in [0.25, 0.3) is 0 Å². The maximum atomic E-state index is 10.4. The van der Waals surface area contributed by atoms with Crippen LogP contribution in [0, 0.1) is 0 Å². The number of nitrogens with one attached hydrogen (secondary N) is 1. The van der Waals surface area contributed by atoms with E-state index in [-0.39, 0.29) is 5.91 Å². The van der Waals surface area contributed by atoms with E-state index in [1.165, 1.54) is 6.08 Å². The van der Waals surface area contributed by atoms with Crippen LogP contribution in [0.4, 0.5) is 0 Å². The maximum absolute atomic E-state index is 10.4. The van der Waals surface area contributed by atoms with Crippen molar-refractivity contribution in [1.29, 1.82) is 0 Å². The Morgan fingerprint density at radius 1 is 1.78 bits per heavy atom. The first-order valence-corrected chi connectivity index (χ1v) is 2.68. The van der Waals surface area contributed by atoms with Gasteiger partial charge in [-0.25, -0.2) is 0 Å². The SMILES string of the molecule is CNC(=O)/C=C\COC. The number of rotatable bonds is 3. The molecule has 0 fully saturated rings. The first kappa shape index (κ1) is 8.17. The molecule has 0 aromatic heterocycles. The summed E-state index contributed by atoms with van der Waals surface area (Å²) in [5.41, 5.74) is 0. The Labute approximate surface area is 54.7 Å². The average Bonchev–Trinajstić information content (AvgIpc) is 1.89. The fraction of sp³-hybridized carbons (Fsp3) is 0.500. The predicted octanol–water partition coefficient (Wildman–Crippen LogP) is -0.0650. The number of carbonyl (C=O) groups is 1. The molecule has 0 rings (SSSR count). The third-order valence-corrected chi connectivity index (χ3v) is 0.779. The molecule has 52 valence electrons. The summed E-state index contributed by atoms with van der Waals surface area (Å²) in [4.78, 5) is 10.4. The lowest BCUT2D eigenvalue weighted by atomic mass is 10.5. The van der Waals surface area contributed by atoms with Crippen LogP contribution in [0.5, 0.6) is 0 Å². The highest BCUT2D eigenvalue weighted by Gasteiger charge is 1.84. The lowest BCUT2D eigenvalue weighted by Crippen LogP contribution is -2.14. The normalized spacial score (nSPS) is 10.0. The maximum Gasteiger partial charge on any atom is 0.243 e. The lowest BCUT2D eigenvalue weighted by molar-refractivity contribution is -0.116. The van der Waals surface area contributed by atoms with Crippen LogP contribution in [0.3, 0.4) is 0 Å². The van der Waals surface area contributed by atoms with Crippen LogP contribution < -0.4 is 5.32 Å². The molecule has 1 N–H and O–H groups in total. The number of ether oxygens (including phenoxy) is 1. The molecule has 0 aliphatic rings. The molecule has 1 amide bonds. The largest absolute Gasteiger partial charge is 0.381 e. The van der Waals surface area contributed by atoms with E-state index in [0.717, 1.165) is 0 Å². The number of amides is 1. The van der Waals surface area contributed by atoms with E-state index >= 15 is 0 Å². The fourth-order valence-electron chi connectivity index (χ4n) is 0.335. The highest BCUT2D eigenvalue weighted by Crippen LogP contribution is 1.72. The predicted molar refractivity (Wildman–Crippen MR) is 35.1 cm³/mol. The number of carbonyl (C=O) groups excluding carboxylic acids is 1. The number of methoxy groups -OCH3 is 1. The van der Waals surface area contributed by atoms with Crippen LogP contribution in [0.1, 0.15) is 0 Å². The smallest absolute Gasteiger partial charge is 0.243 e. The first-order chi connectivity index (χ1) is 4.31. The molecule has 3 heteroatoms. The van der Waals surface area contributed by atoms with Crippen LogP contribution in [0.25, 0.3) is 0 Å². The van der Waals surface area contributed by atoms with Gasteiger partial charge in [-0.3, -0.25) is 4.79 Å². The molecule has 0 bridgehead atoms. The Morgan fingerprint density at radius 3 is 2.89 bits per heavy atom. The summed E-state index contributed by atoms with van der Waals surface area (Å²) in [6.45, 7) is 0.480. The molecule has 0 aromatic rings. The van der Waals surface area contributed by atoms with Gasteiger partial charge >= 0.3 is 0 Å². The van der Waals surface area contributed by atoms with Crippen molar-refractivity contribution in [2.75, 3.05) is 20.8 Å². The molecule has 0 heterocycles. The van der Waals surface area contributed by atoms with E-state index in [9.17, 15) is 4.79 Å². The molecule has 0 atom stereocenters. The van der Waals surface area contributed by atoms with Crippen LogP contribution in [0.15, 0.2) is 12.2 Å². The van der Waals surface area contributed by atoms with Gasteiger partial charge in [0.1, 0.15) is 0 Å². The lowest BCUT2D eigenvalue weighted by Gasteiger charge is -1.88. The van der Waals surface area contributed by atoms with Crippen molar-refractivity contribution in [3.05, 3.63) is 12.2 Å². The molecule has 0 saturated carbocycles. The summed E-state index contributed by atoms with van der Waals surface area (Å²) in [5.74, 6) is -0.105. The quantitative estimate of drug-likeness (QED) is 0.542. The van der Waals surface area contributed by atoms with Gasteiger partial charge in [0.05, 0.1) is 6.61 Å². The topological polar surface area (TPSA) is 38.3 Å². The third kappa shape index (κ3) is 5.03. The second-order valence-corrected chi connectivity index (χ2v) is 1.47. The molecule has 0 aliphatic carbocycles. The van der Waals surface area contributed by atoms with Crippen molar-refractivity contribution in [3.8, 4) is 0 Å². The Hall–Kier alpha value is -0.830. The number of hydrogen-bond acceptors (Lipinski definition) is 2. The van der Waals surface area contributed by atoms with E-state index in [1.807, 2.05) is 0 Å². The van der Waals surface area contributed by atoms with Crippen LogP contribution in [-0.4, -0.2) is 26.7 Å². The number of likely N-dealkylation sites (N-methyl/N-ethyl adjacent to an activating group) is 1. The van der Waals surface area contributed by atoms with E-state index in [4.69, 9.17) is 0 Å². The van der Waals surface area contributed by atoms with Gasteiger partial charge in [-0.2, -0.15) is 0 Å². The molecule has 0 radical (unpaired) electrons. The Morgan fingerprint density at radius 2 is 2.44 bits per heavy atom. The molecule has 0 saturated heterocycles. The summed E-state index contributed by atoms with van der Waals surface area (Å²) in [6, 6.07) is 0. The van der Waals surface area contributed by atoms with Crippen molar-refractivity contribution >= 4 is 5.91 Å². The van der Waals surface area contributed by atoms with E-state index < -0.39 is 0 Å². The highest BCUT2D eigenvalue weighted by atomic mass is 16.5. The van der Waals surface area contributed by atoms with Gasteiger partial charge in [0, 0.05) is 20.2 Å². The van der Waals surface area contributed by atoms with Crippen molar-refractivity contribution in [3.63, 3.8) is 0 Å². The fourth-order valence-corrected chi connectivity index (χ4v) is 0.335. The number of hydrogen-bond donors (Lipinski definition) is 1. The molecule has 0 aliphatic heterocycles. The summed E-state index contributed by atoms with van der Waals surface area (Å²) in [7, 11) is 3.16. The van der Waals surface area contributed by atoms with Gasteiger partial charge in [0.2, 0.25) is 5.91 Å². The zero-order valence-corrected chi connectivity index (χ0v) is 5.68. The molecule has 0 aromatic carbocycles. The highest BCUT2D eigenvalue weighted by molar-refractivity contribution is 5.87. The standard InChI is InChI=1S/C6H11NO2/c1-7-6(8)4-3-5-9-2/h3-4H,5H2,1-2H3,(H,7,8)/b4-3-. The monoisotopic (exact) mass is 129 g/mol. The van der Waals surface area contributed by atoms with E-state index in [0.29, 0.717) is 6.61 Å². The molecule has 0 unspecified atom stereocenters. The van der Waals surface area contributed by atoms with Crippen molar-refractivity contribution < 1.29 is 9.53 Å². The second-order valence-electron chi connectivity index (χ2n) is 1.47. The van der Waals surface area contributed by atoms with Crippen molar-refractivity contribution in [2.24, 2.45) is 0 Å². The minimum atomic E-state index is -0.105. The average molecular weight is 129 g/mol. The molecule has 3 nitrogen and oxygen atoms in total. The van der Waals surface area contributed by atoms with Gasteiger partial charge in [0.15, 0.2) is 0 Å². The zero-order valence-electron chi connectivity index (χ0n) is 5.68. The second kappa shape index (κ2) is 5.31. The molecular formula is C6H11NO2. The van der Waals surface area contributed by atoms with Gasteiger partial charge in [-0.15, -0.1) is 0 Å². The third-order valence-electron chi connectivity index (χ3n) is 0.779. The molecule has 9 heavy (non-hydrogen) atoms. The van der Waals surface area contributed by atoms with Gasteiger partial charge < -0.3 is 10.1 Å². The van der Waals surface area contributed by atoms with E-state index in [1.54, 1.807) is 20.2 Å². The summed E-state index contributed by atoms with van der Waals surface area (Å²) < 4.78 is 4.67.